The molecule has 0 aromatic carbocycles. The highest BCUT2D eigenvalue weighted by Gasteiger charge is 2.18. The number of hydrazine groups is 1. The van der Waals surface area contributed by atoms with Crippen LogP contribution in [0.25, 0.3) is 0 Å². The van der Waals surface area contributed by atoms with Gasteiger partial charge in [-0.1, -0.05) is 13.5 Å². The molecule has 0 bridgehead atoms. The lowest BCUT2D eigenvalue weighted by Gasteiger charge is -2.29. The zero-order chi connectivity index (χ0) is 9.72. The number of rotatable bonds is 5. The van der Waals surface area contributed by atoms with Crippen molar-refractivity contribution < 1.29 is 4.74 Å². The van der Waals surface area contributed by atoms with Gasteiger partial charge in [-0.15, -0.1) is 0 Å². The van der Waals surface area contributed by atoms with E-state index in [-0.39, 0.29) is 0 Å². The van der Waals surface area contributed by atoms with Crippen LogP contribution in [0.2, 0.25) is 0 Å². The maximum absolute atomic E-state index is 5.08. The van der Waals surface area contributed by atoms with Crippen molar-refractivity contribution in [2.45, 2.75) is 19.9 Å². The Bertz CT molecular complexity index is 147. The summed E-state index contributed by atoms with van der Waals surface area (Å²) in [5.74, 6) is 1.15. The zero-order valence-corrected chi connectivity index (χ0v) is 8.72. The minimum atomic E-state index is 0.326. The molecule has 2 atom stereocenters. The lowest BCUT2D eigenvalue weighted by molar-refractivity contribution is 0.127. The second-order valence-electron chi connectivity index (χ2n) is 3.03. The molecule has 3 heteroatoms. The summed E-state index contributed by atoms with van der Waals surface area (Å²) < 4.78 is 5.08. The Morgan fingerprint density at radius 2 is 2.00 bits per heavy atom. The van der Waals surface area contributed by atoms with Gasteiger partial charge in [0.15, 0.2) is 0 Å². The fourth-order valence-corrected chi connectivity index (χ4v) is 0.994. The maximum atomic E-state index is 5.08. The normalized spacial score (nSPS) is 15.8. The van der Waals surface area contributed by atoms with Crippen LogP contribution in [-0.4, -0.2) is 32.3 Å². The van der Waals surface area contributed by atoms with Gasteiger partial charge in [-0.25, -0.2) is 5.01 Å². The molecule has 0 aliphatic carbocycles. The first-order chi connectivity index (χ1) is 5.54. The third-order valence-corrected chi connectivity index (χ3v) is 2.46. The van der Waals surface area contributed by atoms with E-state index in [1.54, 1.807) is 7.11 Å². The molecule has 12 heavy (non-hydrogen) atoms. The standard InChI is InChI=1S/C9H20N2O/c1-7(9(3)12-6)8(2)11(5)10-4/h7-8,10H,3H2,1-2,4-6H3/t7-,8-/m1/s1. The first-order valence-corrected chi connectivity index (χ1v) is 4.17. The van der Waals surface area contributed by atoms with Gasteiger partial charge in [0.2, 0.25) is 0 Å². The second kappa shape index (κ2) is 5.17. The summed E-state index contributed by atoms with van der Waals surface area (Å²) >= 11 is 0. The molecule has 0 aliphatic rings. The lowest BCUT2D eigenvalue weighted by atomic mass is 10.0. The molecule has 0 radical (unpaired) electrons. The fraction of sp³-hybridized carbons (Fsp3) is 0.778. The van der Waals surface area contributed by atoms with E-state index in [0.29, 0.717) is 12.0 Å². The van der Waals surface area contributed by atoms with E-state index >= 15 is 0 Å². The monoisotopic (exact) mass is 172 g/mol. The highest BCUT2D eigenvalue weighted by atomic mass is 16.5. The molecule has 0 fully saturated rings. The average molecular weight is 172 g/mol. The van der Waals surface area contributed by atoms with Gasteiger partial charge < -0.3 is 4.74 Å². The molecule has 0 heterocycles. The molecule has 0 aromatic heterocycles. The number of nitrogens with zero attached hydrogens (tertiary/aromatic N) is 1. The van der Waals surface area contributed by atoms with Crippen molar-refractivity contribution in [3.63, 3.8) is 0 Å². The average Bonchev–Trinajstić information content (AvgIpc) is 2.12. The smallest absolute Gasteiger partial charge is 0.0928 e. The minimum absolute atomic E-state index is 0.326. The highest BCUT2D eigenvalue weighted by Crippen LogP contribution is 2.15. The van der Waals surface area contributed by atoms with E-state index in [1.807, 2.05) is 19.1 Å². The summed E-state index contributed by atoms with van der Waals surface area (Å²) in [7, 11) is 5.56. The molecule has 0 aliphatic heterocycles. The van der Waals surface area contributed by atoms with E-state index in [2.05, 4.69) is 25.9 Å². The molecule has 0 amide bonds. The molecule has 0 aromatic rings. The van der Waals surface area contributed by atoms with Crippen LogP contribution in [0.4, 0.5) is 0 Å². The van der Waals surface area contributed by atoms with E-state index in [4.69, 9.17) is 4.74 Å². The topological polar surface area (TPSA) is 24.5 Å². The summed E-state index contributed by atoms with van der Waals surface area (Å²) in [6.45, 7) is 8.07. The van der Waals surface area contributed by atoms with Crippen molar-refractivity contribution in [2.75, 3.05) is 21.2 Å². The molecule has 0 rings (SSSR count). The van der Waals surface area contributed by atoms with Crippen LogP contribution in [0.1, 0.15) is 13.8 Å². The minimum Gasteiger partial charge on any atom is -0.501 e. The lowest BCUT2D eigenvalue weighted by Crippen LogP contribution is -2.42. The number of nitrogens with one attached hydrogen (secondary N) is 1. The largest absolute Gasteiger partial charge is 0.501 e. The summed E-state index contributed by atoms with van der Waals surface area (Å²) in [5, 5.41) is 2.04. The van der Waals surface area contributed by atoms with Gasteiger partial charge >= 0.3 is 0 Å². The van der Waals surface area contributed by atoms with E-state index in [1.165, 1.54) is 0 Å². The highest BCUT2D eigenvalue weighted by molar-refractivity contribution is 4.93. The number of methoxy groups -OCH3 is 1. The summed E-state index contributed by atoms with van der Waals surface area (Å²) in [4.78, 5) is 0. The van der Waals surface area contributed by atoms with Crippen molar-refractivity contribution in [3.8, 4) is 0 Å². The first-order valence-electron chi connectivity index (χ1n) is 4.17. The summed E-state index contributed by atoms with van der Waals surface area (Å²) in [6.07, 6.45) is 0. The Hall–Kier alpha value is -0.540. The van der Waals surface area contributed by atoms with Crippen LogP contribution in [0.15, 0.2) is 12.3 Å². The van der Waals surface area contributed by atoms with Crippen LogP contribution in [-0.2, 0) is 4.74 Å². The van der Waals surface area contributed by atoms with Crippen molar-refractivity contribution in [1.29, 1.82) is 0 Å². The van der Waals surface area contributed by atoms with Gasteiger partial charge in [0, 0.05) is 19.0 Å². The predicted octanol–water partition coefficient (Wildman–Crippen LogP) is 1.24. The molecular weight excluding hydrogens is 152 g/mol. The third kappa shape index (κ3) is 2.83. The maximum Gasteiger partial charge on any atom is 0.0928 e. The molecule has 1 N–H and O–H groups in total. The third-order valence-electron chi connectivity index (χ3n) is 2.46. The van der Waals surface area contributed by atoms with Crippen LogP contribution < -0.4 is 5.43 Å². The first kappa shape index (κ1) is 11.5. The Balaban J connectivity index is 4.08. The molecular formula is C9H20N2O. The van der Waals surface area contributed by atoms with E-state index in [0.717, 1.165) is 5.76 Å². The molecule has 0 saturated carbocycles. The SMILES string of the molecule is C=C(OC)[C@H](C)[C@@H](C)N(C)NC. The molecule has 72 valence electrons. The Labute approximate surface area is 75.4 Å². The van der Waals surface area contributed by atoms with Gasteiger partial charge in [-0.2, -0.15) is 0 Å². The van der Waals surface area contributed by atoms with Crippen molar-refractivity contribution in [2.24, 2.45) is 5.92 Å². The fourth-order valence-electron chi connectivity index (χ4n) is 0.994. The quantitative estimate of drug-likeness (QED) is 0.499. The van der Waals surface area contributed by atoms with Gasteiger partial charge in [-0.3, -0.25) is 5.43 Å². The van der Waals surface area contributed by atoms with Gasteiger partial charge in [0.1, 0.15) is 0 Å². The van der Waals surface area contributed by atoms with Gasteiger partial charge in [0.25, 0.3) is 0 Å². The second-order valence-corrected chi connectivity index (χ2v) is 3.03. The molecule has 0 unspecified atom stereocenters. The number of hydrogen-bond acceptors (Lipinski definition) is 3. The van der Waals surface area contributed by atoms with Gasteiger partial charge in [0.05, 0.1) is 12.9 Å². The molecule has 3 nitrogen and oxygen atoms in total. The van der Waals surface area contributed by atoms with Crippen molar-refractivity contribution in [3.05, 3.63) is 12.3 Å². The van der Waals surface area contributed by atoms with Crippen LogP contribution >= 0.6 is 0 Å². The Kier molecular flexibility index (Phi) is 4.93. The predicted molar refractivity (Wildman–Crippen MR) is 51.6 cm³/mol. The zero-order valence-electron chi connectivity index (χ0n) is 8.72. The molecule has 0 saturated heterocycles. The Morgan fingerprint density at radius 3 is 2.33 bits per heavy atom. The number of ether oxygens (including phenoxy) is 1. The van der Waals surface area contributed by atoms with E-state index in [9.17, 15) is 0 Å². The van der Waals surface area contributed by atoms with Crippen LogP contribution in [0, 0.1) is 5.92 Å². The van der Waals surface area contributed by atoms with Crippen molar-refractivity contribution in [1.82, 2.24) is 10.4 Å². The van der Waals surface area contributed by atoms with Crippen LogP contribution in [0.3, 0.4) is 0 Å². The summed E-state index contributed by atoms with van der Waals surface area (Å²) in [6, 6.07) is 0.377. The van der Waals surface area contributed by atoms with E-state index < -0.39 is 0 Å². The van der Waals surface area contributed by atoms with Crippen molar-refractivity contribution >= 4 is 0 Å². The summed E-state index contributed by atoms with van der Waals surface area (Å²) in [5.41, 5.74) is 3.06. The van der Waals surface area contributed by atoms with Gasteiger partial charge in [-0.05, 0) is 14.0 Å². The number of hydrogen-bond donors (Lipinski definition) is 1. The molecule has 0 spiro atoms. The Morgan fingerprint density at radius 1 is 1.50 bits per heavy atom. The van der Waals surface area contributed by atoms with Crippen LogP contribution in [0.5, 0.6) is 0 Å².